The molecule has 1 heterocycles. The molecular weight excluding hydrogens is 284 g/mol. The number of carbonyl (C=O) groups is 2. The molecule has 0 aliphatic heterocycles. The van der Waals surface area contributed by atoms with Crippen LogP contribution in [0.2, 0.25) is 5.02 Å². The van der Waals surface area contributed by atoms with E-state index in [2.05, 4.69) is 15.4 Å². The molecule has 0 bridgehead atoms. The Morgan fingerprint density at radius 3 is 2.80 bits per heavy atom. The van der Waals surface area contributed by atoms with E-state index in [1.54, 1.807) is 18.2 Å². The fourth-order valence-electron chi connectivity index (χ4n) is 1.49. The minimum Gasteiger partial charge on any atom is -0.478 e. The number of carboxylic acid groups (broad SMARTS) is 1. The Bertz CT molecular complexity index is 667. The summed E-state index contributed by atoms with van der Waals surface area (Å²) in [5.74, 6) is -1.79. The molecule has 7 nitrogen and oxygen atoms in total. The molecule has 20 heavy (non-hydrogen) atoms. The molecule has 0 saturated carbocycles. The highest BCUT2D eigenvalue weighted by molar-refractivity contribution is 6.33. The zero-order valence-corrected chi connectivity index (χ0v) is 10.8. The number of anilines is 1. The highest BCUT2D eigenvalue weighted by Gasteiger charge is 2.11. The van der Waals surface area contributed by atoms with Crippen molar-refractivity contribution in [3.05, 3.63) is 48.0 Å². The topological polar surface area (TPSA) is 97.1 Å². The van der Waals surface area contributed by atoms with Crippen LogP contribution < -0.4 is 5.32 Å². The number of aliphatic carboxylic acids is 1. The lowest BCUT2D eigenvalue weighted by Crippen LogP contribution is -2.12. The second-order valence-corrected chi connectivity index (χ2v) is 4.04. The molecule has 2 rings (SSSR count). The van der Waals surface area contributed by atoms with E-state index in [0.717, 1.165) is 12.2 Å². The van der Waals surface area contributed by atoms with Crippen LogP contribution in [0.5, 0.6) is 0 Å². The highest BCUT2D eigenvalue weighted by atomic mass is 35.5. The fourth-order valence-corrected chi connectivity index (χ4v) is 1.76. The Balaban J connectivity index is 2.31. The normalized spacial score (nSPS) is 10.7. The summed E-state index contributed by atoms with van der Waals surface area (Å²) in [5.41, 5.74) is 0.840. The molecule has 0 aliphatic rings. The number of para-hydroxylation sites is 1. The molecule has 8 heteroatoms. The molecule has 0 spiro atoms. The first kappa shape index (κ1) is 13.8. The Morgan fingerprint density at radius 2 is 2.15 bits per heavy atom. The smallest absolute Gasteiger partial charge is 0.328 e. The van der Waals surface area contributed by atoms with E-state index >= 15 is 0 Å². The third-order valence-electron chi connectivity index (χ3n) is 2.27. The zero-order chi connectivity index (χ0) is 14.5. The van der Waals surface area contributed by atoms with Gasteiger partial charge in [0.15, 0.2) is 0 Å². The summed E-state index contributed by atoms with van der Waals surface area (Å²) in [5, 5.41) is 15.3. The Labute approximate surface area is 118 Å². The third-order valence-corrected chi connectivity index (χ3v) is 2.57. The summed E-state index contributed by atoms with van der Waals surface area (Å²) in [7, 11) is 0. The second-order valence-electron chi connectivity index (χ2n) is 3.64. The van der Waals surface area contributed by atoms with Gasteiger partial charge in [0.2, 0.25) is 5.91 Å². The van der Waals surface area contributed by atoms with Crippen LogP contribution in [-0.4, -0.2) is 31.7 Å². The van der Waals surface area contributed by atoms with Crippen molar-refractivity contribution in [1.82, 2.24) is 14.8 Å². The third kappa shape index (κ3) is 3.21. The Morgan fingerprint density at radius 1 is 1.35 bits per heavy atom. The van der Waals surface area contributed by atoms with Gasteiger partial charge in [0.25, 0.3) is 0 Å². The fraction of sp³-hybridized carbons (Fsp3) is 0. The maximum Gasteiger partial charge on any atom is 0.328 e. The molecule has 1 aromatic carbocycles. The molecule has 0 fully saturated rings. The number of carboxylic acids is 1. The molecule has 0 radical (unpaired) electrons. The first-order chi connectivity index (χ1) is 9.58. The van der Waals surface area contributed by atoms with E-state index in [1.165, 1.54) is 17.3 Å². The number of hydrogen-bond donors (Lipinski definition) is 2. The van der Waals surface area contributed by atoms with E-state index in [0.29, 0.717) is 16.4 Å². The molecule has 0 saturated heterocycles. The van der Waals surface area contributed by atoms with Crippen LogP contribution in [-0.2, 0) is 9.59 Å². The lowest BCUT2D eigenvalue weighted by atomic mass is 10.2. The summed E-state index contributed by atoms with van der Waals surface area (Å²) in [4.78, 5) is 25.8. The van der Waals surface area contributed by atoms with Gasteiger partial charge < -0.3 is 10.4 Å². The molecule has 0 unspecified atom stereocenters. The quantitative estimate of drug-likeness (QED) is 0.832. The number of halogens is 1. The summed E-state index contributed by atoms with van der Waals surface area (Å²) in [6, 6.07) is 4.91. The van der Waals surface area contributed by atoms with E-state index in [9.17, 15) is 9.59 Å². The maximum absolute atomic E-state index is 11.6. The number of nitrogens with one attached hydrogen (secondary N) is 1. The summed E-state index contributed by atoms with van der Waals surface area (Å²) >= 11 is 6.08. The van der Waals surface area contributed by atoms with Crippen molar-refractivity contribution in [3.63, 3.8) is 0 Å². The predicted molar refractivity (Wildman–Crippen MR) is 71.8 cm³/mol. The van der Waals surface area contributed by atoms with Gasteiger partial charge in [0.05, 0.1) is 10.7 Å². The van der Waals surface area contributed by atoms with Crippen molar-refractivity contribution >= 4 is 29.2 Å². The van der Waals surface area contributed by atoms with Gasteiger partial charge >= 0.3 is 5.97 Å². The van der Waals surface area contributed by atoms with E-state index < -0.39 is 11.9 Å². The minimum absolute atomic E-state index is 0.371. The standard InChI is InChI=1S/C12H9ClN4O3/c13-8-2-1-3-9(12(8)17-7-14-6-15-17)16-10(18)4-5-11(19)20/h1-7H,(H,16,18)(H,19,20)/b5-4+. The van der Waals surface area contributed by atoms with Crippen LogP contribution in [0.3, 0.4) is 0 Å². The average molecular weight is 293 g/mol. The van der Waals surface area contributed by atoms with Crippen LogP contribution >= 0.6 is 11.6 Å². The van der Waals surface area contributed by atoms with Crippen molar-refractivity contribution < 1.29 is 14.7 Å². The van der Waals surface area contributed by atoms with Crippen molar-refractivity contribution in [1.29, 1.82) is 0 Å². The van der Waals surface area contributed by atoms with Gasteiger partial charge in [0.1, 0.15) is 18.3 Å². The van der Waals surface area contributed by atoms with Crippen molar-refractivity contribution in [3.8, 4) is 5.69 Å². The van der Waals surface area contributed by atoms with Gasteiger partial charge in [0, 0.05) is 12.2 Å². The molecular formula is C12H9ClN4O3. The zero-order valence-electron chi connectivity index (χ0n) is 10.0. The number of carbonyl (C=O) groups excluding carboxylic acids is 1. The van der Waals surface area contributed by atoms with Gasteiger partial charge in [-0.25, -0.2) is 14.5 Å². The van der Waals surface area contributed by atoms with Gasteiger partial charge in [-0.1, -0.05) is 17.7 Å². The molecule has 102 valence electrons. The molecule has 1 aromatic heterocycles. The minimum atomic E-state index is -1.21. The molecule has 1 amide bonds. The predicted octanol–water partition coefficient (Wildman–Crippen LogP) is 1.50. The van der Waals surface area contributed by atoms with Gasteiger partial charge in [-0.05, 0) is 12.1 Å². The molecule has 0 atom stereocenters. The molecule has 2 N–H and O–H groups in total. The first-order valence-electron chi connectivity index (χ1n) is 5.43. The van der Waals surface area contributed by atoms with E-state index in [1.807, 2.05) is 0 Å². The second kappa shape index (κ2) is 5.98. The monoisotopic (exact) mass is 292 g/mol. The van der Waals surface area contributed by atoms with Crippen molar-refractivity contribution in [2.75, 3.05) is 5.32 Å². The van der Waals surface area contributed by atoms with Crippen LogP contribution in [0.1, 0.15) is 0 Å². The number of benzene rings is 1. The average Bonchev–Trinajstić information content (AvgIpc) is 2.90. The largest absolute Gasteiger partial charge is 0.478 e. The number of nitrogens with zero attached hydrogens (tertiary/aromatic N) is 3. The van der Waals surface area contributed by atoms with Crippen LogP contribution in [0, 0.1) is 0 Å². The number of rotatable bonds is 4. The summed E-state index contributed by atoms with van der Waals surface area (Å²) < 4.78 is 1.40. The van der Waals surface area contributed by atoms with Crippen LogP contribution in [0.4, 0.5) is 5.69 Å². The first-order valence-corrected chi connectivity index (χ1v) is 5.81. The van der Waals surface area contributed by atoms with Crippen LogP contribution in [0.15, 0.2) is 43.0 Å². The van der Waals surface area contributed by atoms with Gasteiger partial charge in [-0.3, -0.25) is 4.79 Å². The number of amides is 1. The lowest BCUT2D eigenvalue weighted by Gasteiger charge is -2.11. The Kier molecular flexibility index (Phi) is 4.11. The SMILES string of the molecule is O=C(O)/C=C/C(=O)Nc1cccc(Cl)c1-n1cncn1. The highest BCUT2D eigenvalue weighted by Crippen LogP contribution is 2.27. The van der Waals surface area contributed by atoms with Gasteiger partial charge in [-0.15, -0.1) is 0 Å². The van der Waals surface area contributed by atoms with Crippen molar-refractivity contribution in [2.45, 2.75) is 0 Å². The molecule has 2 aromatic rings. The maximum atomic E-state index is 11.6. The lowest BCUT2D eigenvalue weighted by molar-refractivity contribution is -0.131. The van der Waals surface area contributed by atoms with E-state index in [-0.39, 0.29) is 0 Å². The molecule has 0 aliphatic carbocycles. The summed E-state index contributed by atoms with van der Waals surface area (Å²) in [6.07, 6.45) is 4.42. The number of hydrogen-bond acceptors (Lipinski definition) is 4. The van der Waals surface area contributed by atoms with Crippen molar-refractivity contribution in [2.24, 2.45) is 0 Å². The van der Waals surface area contributed by atoms with Gasteiger partial charge in [-0.2, -0.15) is 5.10 Å². The Hall–Kier alpha value is -2.67. The number of aromatic nitrogens is 3. The van der Waals surface area contributed by atoms with Crippen LogP contribution in [0.25, 0.3) is 5.69 Å². The van der Waals surface area contributed by atoms with E-state index in [4.69, 9.17) is 16.7 Å². The summed E-state index contributed by atoms with van der Waals surface area (Å²) in [6.45, 7) is 0.